The number of carbonyl (C=O) groups is 1. The number of nitrogens with one attached hydrogen (secondary N) is 1. The Hall–Kier alpha value is -2.69. The van der Waals surface area contributed by atoms with Gasteiger partial charge in [-0.25, -0.2) is 4.79 Å². The zero-order chi connectivity index (χ0) is 14.5. The van der Waals surface area contributed by atoms with Crippen LogP contribution in [0.2, 0.25) is 0 Å². The van der Waals surface area contributed by atoms with Crippen molar-refractivity contribution >= 4 is 11.8 Å². The number of hydrogen-bond acceptors (Lipinski definition) is 3. The fourth-order valence-corrected chi connectivity index (χ4v) is 1.77. The molecular formula is C15H16N2O3. The summed E-state index contributed by atoms with van der Waals surface area (Å²) in [4.78, 5) is 10.5. The van der Waals surface area contributed by atoms with Crippen LogP contribution in [0, 0.1) is 6.92 Å². The van der Waals surface area contributed by atoms with Crippen LogP contribution in [-0.4, -0.2) is 11.2 Å². The van der Waals surface area contributed by atoms with Crippen LogP contribution in [0.15, 0.2) is 42.5 Å². The average Bonchev–Trinajstić information content (AvgIpc) is 2.42. The van der Waals surface area contributed by atoms with E-state index in [9.17, 15) is 4.79 Å². The number of nitrogens with two attached hydrogens (primary N) is 1. The molecule has 0 radical (unpaired) electrons. The highest BCUT2D eigenvalue weighted by molar-refractivity contribution is 5.65. The number of benzene rings is 2. The first kappa shape index (κ1) is 13.7. The van der Waals surface area contributed by atoms with E-state index in [0.717, 1.165) is 11.3 Å². The molecule has 2 aromatic rings. The Morgan fingerprint density at radius 3 is 2.75 bits per heavy atom. The van der Waals surface area contributed by atoms with Gasteiger partial charge in [0.15, 0.2) is 0 Å². The van der Waals surface area contributed by atoms with Crippen LogP contribution in [0.25, 0.3) is 0 Å². The first-order chi connectivity index (χ1) is 9.56. The van der Waals surface area contributed by atoms with Gasteiger partial charge < -0.3 is 20.9 Å². The standard InChI is InChI=1S/C15H16N2O3/c1-10-4-2-3-5-14(10)20-12-6-7-13(16)11(8-12)9-17-15(18)19/h2-8,17H,9,16H2,1H3,(H,18,19). The molecule has 1 amide bonds. The summed E-state index contributed by atoms with van der Waals surface area (Å²) < 4.78 is 5.78. The van der Waals surface area contributed by atoms with Crippen LogP contribution in [0.5, 0.6) is 11.5 Å². The minimum Gasteiger partial charge on any atom is -0.465 e. The minimum atomic E-state index is -1.09. The molecule has 0 atom stereocenters. The summed E-state index contributed by atoms with van der Waals surface area (Å²) in [6.45, 7) is 2.10. The molecule has 0 unspecified atom stereocenters. The fraction of sp³-hybridized carbons (Fsp3) is 0.133. The molecule has 5 heteroatoms. The number of anilines is 1. The summed E-state index contributed by atoms with van der Waals surface area (Å²) >= 11 is 0. The molecule has 20 heavy (non-hydrogen) atoms. The second-order valence-corrected chi connectivity index (χ2v) is 4.39. The van der Waals surface area contributed by atoms with Gasteiger partial charge in [0.1, 0.15) is 11.5 Å². The fourth-order valence-electron chi connectivity index (χ4n) is 1.77. The van der Waals surface area contributed by atoms with E-state index < -0.39 is 6.09 Å². The van der Waals surface area contributed by atoms with Crippen molar-refractivity contribution in [1.82, 2.24) is 5.32 Å². The predicted octanol–water partition coefficient (Wildman–Crippen LogP) is 3.14. The number of amides is 1. The smallest absolute Gasteiger partial charge is 0.404 e. The lowest BCUT2D eigenvalue weighted by Crippen LogP contribution is -2.20. The number of aryl methyl sites for hydroxylation is 1. The molecule has 0 bridgehead atoms. The molecule has 0 aliphatic carbocycles. The Kier molecular flexibility index (Phi) is 4.10. The number of ether oxygens (including phenoxy) is 1. The number of nitrogen functional groups attached to an aromatic ring is 1. The Bertz CT molecular complexity index is 626. The molecule has 0 aliphatic heterocycles. The Labute approximate surface area is 117 Å². The van der Waals surface area contributed by atoms with Crippen molar-refractivity contribution in [2.24, 2.45) is 0 Å². The van der Waals surface area contributed by atoms with Gasteiger partial charge in [0.25, 0.3) is 0 Å². The zero-order valence-electron chi connectivity index (χ0n) is 11.1. The Balaban J connectivity index is 2.19. The highest BCUT2D eigenvalue weighted by Gasteiger charge is 2.06. The number of carboxylic acid groups (broad SMARTS) is 1. The Morgan fingerprint density at radius 2 is 2.05 bits per heavy atom. The summed E-state index contributed by atoms with van der Waals surface area (Å²) in [6.07, 6.45) is -1.09. The Morgan fingerprint density at radius 1 is 1.30 bits per heavy atom. The third-order valence-electron chi connectivity index (χ3n) is 2.87. The van der Waals surface area contributed by atoms with Gasteiger partial charge in [-0.2, -0.15) is 0 Å². The molecule has 0 aromatic heterocycles. The molecule has 2 rings (SSSR count). The van der Waals surface area contributed by atoms with Crippen LogP contribution in [0.1, 0.15) is 11.1 Å². The van der Waals surface area contributed by atoms with Gasteiger partial charge in [0.2, 0.25) is 0 Å². The van der Waals surface area contributed by atoms with Gasteiger partial charge in [-0.3, -0.25) is 0 Å². The van der Waals surface area contributed by atoms with Gasteiger partial charge in [-0.1, -0.05) is 18.2 Å². The van der Waals surface area contributed by atoms with E-state index in [-0.39, 0.29) is 6.54 Å². The van der Waals surface area contributed by atoms with Gasteiger partial charge in [-0.05, 0) is 42.3 Å². The minimum absolute atomic E-state index is 0.145. The van der Waals surface area contributed by atoms with E-state index in [2.05, 4.69) is 5.32 Å². The number of rotatable bonds is 4. The molecular weight excluding hydrogens is 256 g/mol. The summed E-state index contributed by atoms with van der Waals surface area (Å²) in [6, 6.07) is 12.9. The van der Waals surface area contributed by atoms with Gasteiger partial charge in [-0.15, -0.1) is 0 Å². The van der Waals surface area contributed by atoms with Crippen molar-refractivity contribution in [2.45, 2.75) is 13.5 Å². The SMILES string of the molecule is Cc1ccccc1Oc1ccc(N)c(CNC(=O)O)c1. The predicted molar refractivity (Wildman–Crippen MR) is 77.0 cm³/mol. The van der Waals surface area contributed by atoms with E-state index >= 15 is 0 Å². The maximum absolute atomic E-state index is 10.5. The molecule has 0 fully saturated rings. The molecule has 0 saturated heterocycles. The van der Waals surface area contributed by atoms with E-state index in [4.69, 9.17) is 15.6 Å². The second-order valence-electron chi connectivity index (χ2n) is 4.39. The highest BCUT2D eigenvalue weighted by atomic mass is 16.5. The number of hydrogen-bond donors (Lipinski definition) is 3. The monoisotopic (exact) mass is 272 g/mol. The first-order valence-electron chi connectivity index (χ1n) is 6.15. The molecule has 0 saturated carbocycles. The largest absolute Gasteiger partial charge is 0.465 e. The molecule has 104 valence electrons. The highest BCUT2D eigenvalue weighted by Crippen LogP contribution is 2.27. The lowest BCUT2D eigenvalue weighted by molar-refractivity contribution is 0.194. The summed E-state index contributed by atoms with van der Waals surface area (Å²) in [5.74, 6) is 1.38. The lowest BCUT2D eigenvalue weighted by Gasteiger charge is -2.11. The lowest BCUT2D eigenvalue weighted by atomic mass is 10.1. The normalized spacial score (nSPS) is 10.1. The summed E-state index contributed by atoms with van der Waals surface area (Å²) in [5, 5.41) is 10.9. The van der Waals surface area contributed by atoms with E-state index in [1.807, 2.05) is 31.2 Å². The van der Waals surface area contributed by atoms with E-state index in [1.165, 1.54) is 0 Å². The van der Waals surface area contributed by atoms with Crippen molar-refractivity contribution < 1.29 is 14.6 Å². The molecule has 0 heterocycles. The van der Waals surface area contributed by atoms with Crippen LogP contribution < -0.4 is 15.8 Å². The van der Waals surface area contributed by atoms with Gasteiger partial charge in [0, 0.05) is 12.2 Å². The van der Waals surface area contributed by atoms with Crippen molar-refractivity contribution in [2.75, 3.05) is 5.73 Å². The van der Waals surface area contributed by atoms with Crippen LogP contribution in [0.4, 0.5) is 10.5 Å². The van der Waals surface area contributed by atoms with Crippen molar-refractivity contribution in [1.29, 1.82) is 0 Å². The molecule has 0 aliphatic rings. The van der Waals surface area contributed by atoms with Gasteiger partial charge >= 0.3 is 6.09 Å². The van der Waals surface area contributed by atoms with Crippen molar-refractivity contribution in [3.63, 3.8) is 0 Å². The van der Waals surface area contributed by atoms with Crippen molar-refractivity contribution in [3.8, 4) is 11.5 Å². The van der Waals surface area contributed by atoms with Crippen LogP contribution in [-0.2, 0) is 6.54 Å². The molecule has 4 N–H and O–H groups in total. The van der Waals surface area contributed by atoms with Gasteiger partial charge in [0.05, 0.1) is 0 Å². The number of para-hydroxylation sites is 1. The van der Waals surface area contributed by atoms with Crippen molar-refractivity contribution in [3.05, 3.63) is 53.6 Å². The van der Waals surface area contributed by atoms with E-state index in [0.29, 0.717) is 17.0 Å². The van der Waals surface area contributed by atoms with Crippen LogP contribution in [0.3, 0.4) is 0 Å². The second kappa shape index (κ2) is 5.97. The maximum atomic E-state index is 10.5. The van der Waals surface area contributed by atoms with E-state index in [1.54, 1.807) is 18.2 Å². The topological polar surface area (TPSA) is 84.6 Å². The zero-order valence-corrected chi connectivity index (χ0v) is 11.1. The molecule has 0 spiro atoms. The molecule has 5 nitrogen and oxygen atoms in total. The quantitative estimate of drug-likeness (QED) is 0.746. The van der Waals surface area contributed by atoms with Crippen LogP contribution >= 0.6 is 0 Å². The third-order valence-corrected chi connectivity index (χ3v) is 2.87. The average molecular weight is 272 g/mol. The first-order valence-corrected chi connectivity index (χ1v) is 6.15. The summed E-state index contributed by atoms with van der Waals surface area (Å²) in [5.41, 5.74) is 8.04. The molecule has 2 aromatic carbocycles. The third kappa shape index (κ3) is 3.41. The maximum Gasteiger partial charge on any atom is 0.404 e. The summed E-state index contributed by atoms with van der Waals surface area (Å²) in [7, 11) is 0.